The van der Waals surface area contributed by atoms with E-state index >= 15 is 0 Å². The van der Waals surface area contributed by atoms with Crippen LogP contribution in [0.15, 0.2) is 60.8 Å². The molecule has 0 spiro atoms. The van der Waals surface area contributed by atoms with E-state index < -0.39 is 11.9 Å². The van der Waals surface area contributed by atoms with Crippen LogP contribution in [0.3, 0.4) is 0 Å². The number of nitrogens with zero attached hydrogens (tertiary/aromatic N) is 1. The van der Waals surface area contributed by atoms with Gasteiger partial charge in [0, 0.05) is 18.3 Å². The third kappa shape index (κ3) is 3.21. The highest BCUT2D eigenvalue weighted by atomic mass is 16.4. The molecule has 24 heavy (non-hydrogen) atoms. The second-order valence-corrected chi connectivity index (χ2v) is 7.38. The Bertz CT molecular complexity index is 856. The van der Waals surface area contributed by atoms with Crippen molar-refractivity contribution in [2.45, 2.75) is 33.2 Å². The Morgan fingerprint density at radius 1 is 1.08 bits per heavy atom. The number of benzene rings is 2. The second-order valence-electron chi connectivity index (χ2n) is 7.38. The van der Waals surface area contributed by atoms with Crippen LogP contribution in [0.25, 0.3) is 10.9 Å². The predicted octanol–water partition coefficient (Wildman–Crippen LogP) is 4.90. The molecule has 1 aromatic heterocycles. The highest BCUT2D eigenvalue weighted by Crippen LogP contribution is 2.36. The molecule has 0 amide bonds. The summed E-state index contributed by atoms with van der Waals surface area (Å²) in [4.78, 5) is 11.7. The van der Waals surface area contributed by atoms with Gasteiger partial charge in [0.1, 0.15) is 0 Å². The summed E-state index contributed by atoms with van der Waals surface area (Å²) in [6.45, 7) is 6.72. The summed E-state index contributed by atoms with van der Waals surface area (Å²) in [5.41, 5.74) is 2.91. The molecule has 1 heterocycles. The summed E-state index contributed by atoms with van der Waals surface area (Å²) in [6, 6.07) is 18.4. The van der Waals surface area contributed by atoms with Gasteiger partial charge in [-0.3, -0.25) is 4.79 Å². The van der Waals surface area contributed by atoms with Crippen molar-refractivity contribution in [2.24, 2.45) is 5.41 Å². The van der Waals surface area contributed by atoms with E-state index in [-0.39, 0.29) is 5.41 Å². The zero-order chi connectivity index (χ0) is 17.3. The minimum Gasteiger partial charge on any atom is -0.481 e. The Labute approximate surface area is 142 Å². The van der Waals surface area contributed by atoms with Crippen molar-refractivity contribution in [1.82, 2.24) is 4.57 Å². The lowest BCUT2D eigenvalue weighted by atomic mass is 9.76. The number of hydrogen-bond acceptors (Lipinski definition) is 1. The van der Waals surface area contributed by atoms with Crippen molar-refractivity contribution in [3.63, 3.8) is 0 Å². The van der Waals surface area contributed by atoms with Gasteiger partial charge < -0.3 is 9.67 Å². The van der Waals surface area contributed by atoms with Gasteiger partial charge >= 0.3 is 5.97 Å². The van der Waals surface area contributed by atoms with Crippen molar-refractivity contribution in [2.75, 3.05) is 0 Å². The van der Waals surface area contributed by atoms with E-state index in [1.807, 2.05) is 57.2 Å². The fraction of sp³-hybridized carbons (Fsp3) is 0.286. The van der Waals surface area contributed by atoms with Crippen LogP contribution in [-0.4, -0.2) is 15.6 Å². The third-order valence-electron chi connectivity index (χ3n) is 4.44. The molecule has 0 radical (unpaired) electrons. The number of rotatable bonds is 4. The summed E-state index contributed by atoms with van der Waals surface area (Å²) >= 11 is 0. The smallest absolute Gasteiger partial charge is 0.311 e. The lowest BCUT2D eigenvalue weighted by Gasteiger charge is -2.27. The van der Waals surface area contributed by atoms with Crippen LogP contribution in [0.4, 0.5) is 0 Å². The molecule has 3 rings (SSSR count). The molecule has 0 aliphatic carbocycles. The summed E-state index contributed by atoms with van der Waals surface area (Å²) in [5, 5.41) is 10.7. The van der Waals surface area contributed by atoms with Crippen LogP contribution in [0.1, 0.15) is 37.8 Å². The van der Waals surface area contributed by atoms with Crippen molar-refractivity contribution in [1.29, 1.82) is 0 Å². The van der Waals surface area contributed by atoms with Crippen LogP contribution in [0, 0.1) is 5.41 Å². The second kappa shape index (κ2) is 6.16. The zero-order valence-corrected chi connectivity index (χ0v) is 14.4. The number of fused-ring (bicyclic) bond motifs is 1. The highest BCUT2D eigenvalue weighted by Gasteiger charge is 2.32. The molecule has 3 heteroatoms. The molecule has 0 saturated heterocycles. The van der Waals surface area contributed by atoms with Crippen LogP contribution in [0.5, 0.6) is 0 Å². The number of carboxylic acids is 1. The van der Waals surface area contributed by atoms with Gasteiger partial charge in [-0.05, 0) is 40.1 Å². The quantitative estimate of drug-likeness (QED) is 0.742. The Kier molecular flexibility index (Phi) is 4.18. The number of carbonyl (C=O) groups is 1. The van der Waals surface area contributed by atoms with Crippen LogP contribution in [-0.2, 0) is 11.3 Å². The molecule has 3 aromatic rings. The minimum atomic E-state index is -0.773. The molecular formula is C21H23NO2. The van der Waals surface area contributed by atoms with E-state index in [2.05, 4.69) is 29.0 Å². The number of aliphatic carboxylic acids is 1. The van der Waals surface area contributed by atoms with E-state index in [9.17, 15) is 9.90 Å². The first kappa shape index (κ1) is 16.3. The highest BCUT2D eigenvalue weighted by molar-refractivity contribution is 5.84. The van der Waals surface area contributed by atoms with Gasteiger partial charge in [-0.2, -0.15) is 0 Å². The Morgan fingerprint density at radius 3 is 2.42 bits per heavy atom. The van der Waals surface area contributed by atoms with Gasteiger partial charge in [0.15, 0.2) is 0 Å². The first-order chi connectivity index (χ1) is 11.4. The summed E-state index contributed by atoms with van der Waals surface area (Å²) in [7, 11) is 0. The summed E-state index contributed by atoms with van der Waals surface area (Å²) in [5.74, 6) is -1.29. The normalized spacial score (nSPS) is 13.1. The van der Waals surface area contributed by atoms with Gasteiger partial charge in [0.25, 0.3) is 0 Å². The Hall–Kier alpha value is -2.55. The molecule has 124 valence electrons. The van der Waals surface area contributed by atoms with Gasteiger partial charge in [-0.15, -0.1) is 0 Å². The van der Waals surface area contributed by atoms with E-state index in [1.54, 1.807) is 0 Å². The zero-order valence-electron chi connectivity index (χ0n) is 14.4. The molecule has 2 aromatic carbocycles. The molecule has 1 atom stereocenters. The molecular weight excluding hydrogens is 298 g/mol. The maximum absolute atomic E-state index is 11.7. The Balaban J connectivity index is 1.98. The minimum absolute atomic E-state index is 0.327. The topological polar surface area (TPSA) is 42.2 Å². The first-order valence-corrected chi connectivity index (χ1v) is 8.22. The molecule has 3 nitrogen and oxygen atoms in total. The Morgan fingerprint density at radius 2 is 1.79 bits per heavy atom. The number of aromatic nitrogens is 1. The van der Waals surface area contributed by atoms with Crippen molar-refractivity contribution in [3.8, 4) is 0 Å². The third-order valence-corrected chi connectivity index (χ3v) is 4.44. The van der Waals surface area contributed by atoms with Gasteiger partial charge in [-0.1, -0.05) is 57.2 Å². The lowest BCUT2D eigenvalue weighted by Crippen LogP contribution is -2.26. The molecule has 0 saturated carbocycles. The molecule has 1 unspecified atom stereocenters. The van der Waals surface area contributed by atoms with E-state index in [0.717, 1.165) is 23.0 Å². The molecule has 0 aliphatic rings. The van der Waals surface area contributed by atoms with E-state index in [1.165, 1.54) is 5.56 Å². The van der Waals surface area contributed by atoms with Crippen molar-refractivity contribution in [3.05, 3.63) is 71.9 Å². The molecule has 0 bridgehead atoms. The maximum Gasteiger partial charge on any atom is 0.311 e. The first-order valence-electron chi connectivity index (χ1n) is 8.22. The van der Waals surface area contributed by atoms with Crippen LogP contribution in [0.2, 0.25) is 0 Å². The van der Waals surface area contributed by atoms with E-state index in [4.69, 9.17) is 0 Å². The number of hydrogen-bond donors (Lipinski definition) is 1. The lowest BCUT2D eigenvalue weighted by molar-refractivity contribution is -0.141. The molecule has 0 fully saturated rings. The average Bonchev–Trinajstić information content (AvgIpc) is 2.89. The van der Waals surface area contributed by atoms with Gasteiger partial charge in [-0.25, -0.2) is 0 Å². The van der Waals surface area contributed by atoms with Crippen molar-refractivity contribution < 1.29 is 9.90 Å². The standard InChI is InChI=1S/C21H23NO2/c1-21(2,3)19(20(23)24)17-9-10-18-16(13-17)11-12-22(18)14-15-7-5-4-6-8-15/h4-13,19H,14H2,1-3H3,(H,23,24). The molecule has 0 aliphatic heterocycles. The van der Waals surface area contributed by atoms with Gasteiger partial charge in [0.2, 0.25) is 0 Å². The maximum atomic E-state index is 11.7. The number of carboxylic acid groups (broad SMARTS) is 1. The summed E-state index contributed by atoms with van der Waals surface area (Å²) in [6.07, 6.45) is 2.06. The van der Waals surface area contributed by atoms with Crippen LogP contribution >= 0.6 is 0 Å². The van der Waals surface area contributed by atoms with Gasteiger partial charge in [0.05, 0.1) is 5.92 Å². The monoisotopic (exact) mass is 321 g/mol. The summed E-state index contributed by atoms with van der Waals surface area (Å²) < 4.78 is 2.20. The molecule has 1 N–H and O–H groups in total. The predicted molar refractivity (Wildman–Crippen MR) is 97.3 cm³/mol. The van der Waals surface area contributed by atoms with E-state index in [0.29, 0.717) is 0 Å². The van der Waals surface area contributed by atoms with Crippen LogP contribution < -0.4 is 0 Å². The largest absolute Gasteiger partial charge is 0.481 e. The SMILES string of the molecule is CC(C)(C)C(C(=O)O)c1ccc2c(ccn2Cc2ccccc2)c1. The van der Waals surface area contributed by atoms with Crippen molar-refractivity contribution >= 4 is 16.9 Å². The average molecular weight is 321 g/mol. The fourth-order valence-electron chi connectivity index (χ4n) is 3.33. The fourth-order valence-corrected chi connectivity index (χ4v) is 3.33.